The monoisotopic (exact) mass is 188 g/mol. The van der Waals surface area contributed by atoms with E-state index in [1.54, 1.807) is 0 Å². The second kappa shape index (κ2) is 3.84. The van der Waals surface area contributed by atoms with E-state index >= 15 is 0 Å². The molecule has 0 fully saturated rings. The van der Waals surface area contributed by atoms with Gasteiger partial charge in [0, 0.05) is 30.7 Å². The van der Waals surface area contributed by atoms with Crippen LogP contribution in [0.2, 0.25) is 0 Å². The molecule has 1 N–H and O–H groups in total. The lowest BCUT2D eigenvalue weighted by molar-refractivity contribution is 0.727. The van der Waals surface area contributed by atoms with Gasteiger partial charge in [0.05, 0.1) is 0 Å². The summed E-state index contributed by atoms with van der Waals surface area (Å²) in [7, 11) is 2.10. The Morgan fingerprint density at radius 3 is 2.86 bits per heavy atom. The van der Waals surface area contributed by atoms with Crippen molar-refractivity contribution in [2.45, 2.75) is 13.5 Å². The third kappa shape index (κ3) is 1.53. The van der Waals surface area contributed by atoms with Gasteiger partial charge in [-0.1, -0.05) is 25.1 Å². The van der Waals surface area contributed by atoms with Gasteiger partial charge in [-0.25, -0.2) is 0 Å². The predicted octanol–water partition coefficient (Wildman–Crippen LogP) is 2.29. The molecule has 0 atom stereocenters. The highest BCUT2D eigenvalue weighted by molar-refractivity contribution is 5.83. The molecular weight excluding hydrogens is 172 g/mol. The molecule has 2 nitrogen and oxygen atoms in total. The molecule has 1 aromatic heterocycles. The Labute approximate surface area is 84.5 Å². The van der Waals surface area contributed by atoms with Crippen molar-refractivity contribution >= 4 is 10.9 Å². The summed E-state index contributed by atoms with van der Waals surface area (Å²) in [4.78, 5) is 0. The molecule has 0 radical (unpaired) electrons. The van der Waals surface area contributed by atoms with Gasteiger partial charge < -0.3 is 9.88 Å². The van der Waals surface area contributed by atoms with E-state index in [9.17, 15) is 0 Å². The molecule has 0 aliphatic heterocycles. The lowest BCUT2D eigenvalue weighted by Gasteiger charge is -1.98. The molecule has 0 bridgehead atoms. The highest BCUT2D eigenvalue weighted by atomic mass is 14.9. The van der Waals surface area contributed by atoms with Crippen LogP contribution in [0, 0.1) is 0 Å². The van der Waals surface area contributed by atoms with Gasteiger partial charge in [0.2, 0.25) is 0 Å². The van der Waals surface area contributed by atoms with Crippen LogP contribution >= 0.6 is 0 Å². The summed E-state index contributed by atoms with van der Waals surface area (Å²) in [5.74, 6) is 0. The highest BCUT2D eigenvalue weighted by Gasteiger charge is 2.03. The minimum atomic E-state index is 0.956. The second-order valence-electron chi connectivity index (χ2n) is 3.56. The number of aromatic nitrogens is 1. The van der Waals surface area contributed by atoms with Crippen molar-refractivity contribution < 1.29 is 0 Å². The topological polar surface area (TPSA) is 17.0 Å². The fourth-order valence-electron chi connectivity index (χ4n) is 1.83. The zero-order chi connectivity index (χ0) is 9.97. The Morgan fingerprint density at radius 2 is 2.07 bits per heavy atom. The minimum Gasteiger partial charge on any atom is -0.350 e. The number of aryl methyl sites for hydroxylation is 1. The third-order valence-electron chi connectivity index (χ3n) is 2.54. The summed E-state index contributed by atoms with van der Waals surface area (Å²) < 4.78 is 2.18. The average Bonchev–Trinajstić information content (AvgIpc) is 2.54. The Bertz CT molecular complexity index is 429. The van der Waals surface area contributed by atoms with E-state index in [2.05, 4.69) is 54.3 Å². The van der Waals surface area contributed by atoms with Crippen LogP contribution in [0.1, 0.15) is 12.5 Å². The molecule has 0 unspecified atom stereocenters. The first kappa shape index (κ1) is 9.28. The Hall–Kier alpha value is -1.28. The van der Waals surface area contributed by atoms with Crippen LogP contribution in [0.5, 0.6) is 0 Å². The zero-order valence-corrected chi connectivity index (χ0v) is 8.75. The summed E-state index contributed by atoms with van der Waals surface area (Å²) in [6.07, 6.45) is 2.20. The van der Waals surface area contributed by atoms with E-state index < -0.39 is 0 Å². The van der Waals surface area contributed by atoms with E-state index in [1.807, 2.05) is 0 Å². The molecule has 14 heavy (non-hydrogen) atoms. The summed E-state index contributed by atoms with van der Waals surface area (Å²) >= 11 is 0. The van der Waals surface area contributed by atoms with Crippen molar-refractivity contribution in [1.82, 2.24) is 9.88 Å². The second-order valence-corrected chi connectivity index (χ2v) is 3.56. The van der Waals surface area contributed by atoms with E-state index in [-0.39, 0.29) is 0 Å². The smallest absolute Gasteiger partial charge is 0.0481 e. The molecule has 74 valence electrons. The van der Waals surface area contributed by atoms with Crippen molar-refractivity contribution in [2.24, 2.45) is 7.05 Å². The number of hydrogen-bond acceptors (Lipinski definition) is 1. The van der Waals surface area contributed by atoms with Crippen molar-refractivity contribution in [1.29, 1.82) is 0 Å². The number of fused-ring (bicyclic) bond motifs is 1. The van der Waals surface area contributed by atoms with Crippen LogP contribution in [-0.2, 0) is 13.6 Å². The molecular formula is C12H16N2. The van der Waals surface area contributed by atoms with E-state index in [0.717, 1.165) is 13.1 Å². The van der Waals surface area contributed by atoms with Crippen molar-refractivity contribution in [3.8, 4) is 0 Å². The van der Waals surface area contributed by atoms with Gasteiger partial charge in [0.1, 0.15) is 0 Å². The van der Waals surface area contributed by atoms with Gasteiger partial charge in [-0.05, 0) is 18.2 Å². The van der Waals surface area contributed by atoms with Gasteiger partial charge in [0.15, 0.2) is 0 Å². The van der Waals surface area contributed by atoms with Gasteiger partial charge in [-0.3, -0.25) is 0 Å². The summed E-state index contributed by atoms with van der Waals surface area (Å²) in [5, 5.41) is 4.71. The standard InChI is InChI=1S/C12H16N2/c1-3-13-8-10-9-14(2)12-7-5-4-6-11(10)12/h4-7,9,13H,3,8H2,1-2H3. The van der Waals surface area contributed by atoms with Gasteiger partial charge in [-0.2, -0.15) is 0 Å². The maximum absolute atomic E-state index is 3.36. The molecule has 0 spiro atoms. The Kier molecular flexibility index (Phi) is 2.55. The molecule has 1 aromatic carbocycles. The number of nitrogens with one attached hydrogen (secondary N) is 1. The lowest BCUT2D eigenvalue weighted by Crippen LogP contribution is -2.11. The van der Waals surface area contributed by atoms with Gasteiger partial charge in [0.25, 0.3) is 0 Å². The summed E-state index contributed by atoms with van der Waals surface area (Å²) in [5.41, 5.74) is 2.69. The molecule has 0 aliphatic carbocycles. The highest BCUT2D eigenvalue weighted by Crippen LogP contribution is 2.19. The Morgan fingerprint density at radius 1 is 1.29 bits per heavy atom. The largest absolute Gasteiger partial charge is 0.350 e. The fourth-order valence-corrected chi connectivity index (χ4v) is 1.83. The number of hydrogen-bond donors (Lipinski definition) is 1. The molecule has 1 heterocycles. The quantitative estimate of drug-likeness (QED) is 0.782. The van der Waals surface area contributed by atoms with Crippen molar-refractivity contribution in [3.05, 3.63) is 36.0 Å². The predicted molar refractivity (Wildman–Crippen MR) is 60.3 cm³/mol. The molecule has 2 heteroatoms. The van der Waals surface area contributed by atoms with Crippen molar-refractivity contribution in [2.75, 3.05) is 6.54 Å². The first-order chi connectivity index (χ1) is 6.83. The molecule has 0 amide bonds. The molecule has 0 saturated heterocycles. The van der Waals surface area contributed by atoms with Crippen LogP contribution in [0.4, 0.5) is 0 Å². The number of para-hydroxylation sites is 1. The minimum absolute atomic E-state index is 0.956. The maximum atomic E-state index is 3.36. The zero-order valence-electron chi connectivity index (χ0n) is 8.75. The van der Waals surface area contributed by atoms with Crippen LogP contribution < -0.4 is 5.32 Å². The van der Waals surface area contributed by atoms with Crippen molar-refractivity contribution in [3.63, 3.8) is 0 Å². The van der Waals surface area contributed by atoms with E-state index in [1.165, 1.54) is 16.5 Å². The van der Waals surface area contributed by atoms with E-state index in [4.69, 9.17) is 0 Å². The van der Waals surface area contributed by atoms with Gasteiger partial charge in [-0.15, -0.1) is 0 Å². The molecule has 0 saturated carbocycles. The number of nitrogens with zero attached hydrogens (tertiary/aromatic N) is 1. The normalized spacial score (nSPS) is 11.0. The molecule has 2 rings (SSSR count). The first-order valence-corrected chi connectivity index (χ1v) is 5.06. The Balaban J connectivity index is 2.44. The van der Waals surface area contributed by atoms with Gasteiger partial charge >= 0.3 is 0 Å². The number of benzene rings is 1. The van der Waals surface area contributed by atoms with Crippen LogP contribution in [0.15, 0.2) is 30.5 Å². The first-order valence-electron chi connectivity index (χ1n) is 5.06. The number of rotatable bonds is 3. The van der Waals surface area contributed by atoms with Crippen LogP contribution in [0.3, 0.4) is 0 Å². The van der Waals surface area contributed by atoms with Crippen LogP contribution in [0.25, 0.3) is 10.9 Å². The lowest BCUT2D eigenvalue weighted by atomic mass is 10.2. The average molecular weight is 188 g/mol. The summed E-state index contributed by atoms with van der Waals surface area (Å²) in [6, 6.07) is 8.52. The summed E-state index contributed by atoms with van der Waals surface area (Å²) in [6.45, 7) is 4.10. The third-order valence-corrected chi connectivity index (χ3v) is 2.54. The molecule has 0 aliphatic rings. The van der Waals surface area contributed by atoms with Crippen LogP contribution in [-0.4, -0.2) is 11.1 Å². The SMILES string of the molecule is CCNCc1cn(C)c2ccccc12. The van der Waals surface area contributed by atoms with E-state index in [0.29, 0.717) is 0 Å². The maximum Gasteiger partial charge on any atom is 0.0481 e. The molecule has 2 aromatic rings. The fraction of sp³-hybridized carbons (Fsp3) is 0.333.